The summed E-state index contributed by atoms with van der Waals surface area (Å²) in [4.78, 5) is 25.5. The van der Waals surface area contributed by atoms with Crippen LogP contribution >= 0.6 is 0 Å². The van der Waals surface area contributed by atoms with Crippen LogP contribution in [0.2, 0.25) is 18.1 Å². The lowest BCUT2D eigenvalue weighted by Crippen LogP contribution is -2.65. The molecule has 136 valence electrons. The molecule has 2 rings (SSSR count). The number of rotatable bonds is 5. The molecule has 6 nitrogen and oxygen atoms in total. The second-order valence-electron chi connectivity index (χ2n) is 8.43. The van der Waals surface area contributed by atoms with Crippen LogP contribution in [0.4, 0.5) is 0 Å². The summed E-state index contributed by atoms with van der Waals surface area (Å²) in [6.45, 7) is 14.2. The molecule has 7 heteroatoms. The highest BCUT2D eigenvalue weighted by Crippen LogP contribution is 2.48. The first kappa shape index (κ1) is 19.1. The van der Waals surface area contributed by atoms with Gasteiger partial charge in [-0.05, 0) is 30.6 Å². The average molecular weight is 356 g/mol. The van der Waals surface area contributed by atoms with E-state index in [0.717, 1.165) is 0 Å². The van der Waals surface area contributed by atoms with E-state index in [2.05, 4.69) is 33.9 Å². The van der Waals surface area contributed by atoms with Gasteiger partial charge in [-0.2, -0.15) is 0 Å². The Morgan fingerprint density at radius 3 is 2.33 bits per heavy atom. The molecular weight excluding hydrogens is 326 g/mol. The molecule has 0 aromatic heterocycles. The van der Waals surface area contributed by atoms with Crippen molar-refractivity contribution in [2.45, 2.75) is 64.9 Å². The summed E-state index contributed by atoms with van der Waals surface area (Å²) in [5.41, 5.74) is 0.388. The van der Waals surface area contributed by atoms with E-state index in [1.807, 2.05) is 13.8 Å². The van der Waals surface area contributed by atoms with Crippen molar-refractivity contribution in [3.8, 4) is 0 Å². The number of aliphatic hydroxyl groups is 1. The minimum atomic E-state index is -2.02. The van der Waals surface area contributed by atoms with Crippen molar-refractivity contribution in [1.82, 2.24) is 4.90 Å². The van der Waals surface area contributed by atoms with Crippen LogP contribution < -0.4 is 0 Å². The molecule has 0 unspecified atom stereocenters. The van der Waals surface area contributed by atoms with E-state index in [1.165, 1.54) is 4.90 Å². The lowest BCUT2D eigenvalue weighted by atomic mass is 9.78. The van der Waals surface area contributed by atoms with Gasteiger partial charge in [-0.15, -0.1) is 0 Å². The molecule has 0 radical (unpaired) electrons. The maximum absolute atomic E-state index is 12.6. The fourth-order valence-corrected chi connectivity index (χ4v) is 4.98. The molecule has 0 bridgehead atoms. The monoisotopic (exact) mass is 355 g/mol. The number of fused-ring (bicyclic) bond motifs is 1. The maximum atomic E-state index is 12.6. The molecule has 24 heavy (non-hydrogen) atoms. The van der Waals surface area contributed by atoms with Gasteiger partial charge in [0.2, 0.25) is 5.91 Å². The van der Waals surface area contributed by atoms with Crippen LogP contribution in [-0.2, 0) is 14.0 Å². The summed E-state index contributed by atoms with van der Waals surface area (Å²) in [7, 11) is -2.02. The average Bonchev–Trinajstić information content (AvgIpc) is 2.66. The number of β-lactam (4-membered cyclic amide) rings is 1. The van der Waals surface area contributed by atoms with Gasteiger partial charge in [0.05, 0.1) is 24.7 Å². The first-order valence-corrected chi connectivity index (χ1v) is 11.3. The number of carbonyl (C=O) groups excluding carboxylic acids is 1. The van der Waals surface area contributed by atoms with E-state index in [1.54, 1.807) is 0 Å². The molecule has 1 fully saturated rings. The van der Waals surface area contributed by atoms with E-state index >= 15 is 0 Å². The minimum Gasteiger partial charge on any atom is -0.477 e. The molecule has 0 aromatic carbocycles. The van der Waals surface area contributed by atoms with Gasteiger partial charge >= 0.3 is 5.97 Å². The molecule has 4 atom stereocenters. The number of amides is 1. The molecule has 2 aliphatic rings. The van der Waals surface area contributed by atoms with Gasteiger partial charge in [0.25, 0.3) is 0 Å². The molecule has 0 saturated carbocycles. The highest BCUT2D eigenvalue weighted by molar-refractivity contribution is 6.74. The summed E-state index contributed by atoms with van der Waals surface area (Å²) in [6.07, 6.45) is -0.268. The van der Waals surface area contributed by atoms with E-state index < -0.39 is 14.3 Å². The van der Waals surface area contributed by atoms with E-state index in [9.17, 15) is 19.8 Å². The van der Waals surface area contributed by atoms with Crippen LogP contribution in [-0.4, -0.2) is 54.1 Å². The topological polar surface area (TPSA) is 87.1 Å². The summed E-state index contributed by atoms with van der Waals surface area (Å²) < 4.78 is 6.36. The molecule has 2 aliphatic heterocycles. The second-order valence-corrected chi connectivity index (χ2v) is 13.2. The Balaban J connectivity index is 2.23. The summed E-state index contributed by atoms with van der Waals surface area (Å²) in [6, 6.07) is -0.231. The highest BCUT2D eigenvalue weighted by atomic mass is 28.4. The van der Waals surface area contributed by atoms with Crippen LogP contribution in [0.5, 0.6) is 0 Å². The molecule has 1 amide bonds. The molecule has 2 heterocycles. The number of hydrogen-bond donors (Lipinski definition) is 2. The zero-order valence-electron chi connectivity index (χ0n) is 15.6. The van der Waals surface area contributed by atoms with E-state index in [4.69, 9.17) is 4.43 Å². The van der Waals surface area contributed by atoms with Crippen LogP contribution in [0.1, 0.15) is 34.6 Å². The standard InChI is InChI=1S/C17H29NO5Si/c1-9-11(8-19)14(16(21)22)18-13(9)12(15(18)20)10(2)23-24(6,7)17(3,4)5/h9-10,12-13,19H,8H2,1-7H3,(H,21,22)/t9-,10+,12+,13+/m0/s1. The number of hydrogen-bond acceptors (Lipinski definition) is 4. The number of aliphatic carboxylic acids is 1. The van der Waals surface area contributed by atoms with Gasteiger partial charge < -0.3 is 19.5 Å². The first-order valence-electron chi connectivity index (χ1n) is 8.43. The Kier molecular flexibility index (Phi) is 4.76. The smallest absolute Gasteiger partial charge is 0.352 e. The number of carbonyl (C=O) groups is 2. The Morgan fingerprint density at radius 1 is 1.38 bits per heavy atom. The first-order chi connectivity index (χ1) is 10.8. The minimum absolute atomic E-state index is 0.0375. The second kappa shape index (κ2) is 5.96. The third-order valence-electron chi connectivity index (χ3n) is 5.96. The van der Waals surface area contributed by atoms with Crippen molar-refractivity contribution in [1.29, 1.82) is 0 Å². The predicted molar refractivity (Wildman–Crippen MR) is 92.8 cm³/mol. The summed E-state index contributed by atoms with van der Waals surface area (Å²) >= 11 is 0. The van der Waals surface area contributed by atoms with Crippen LogP contribution in [0.3, 0.4) is 0 Å². The molecule has 0 spiro atoms. The third kappa shape index (κ3) is 2.72. The van der Waals surface area contributed by atoms with Crippen molar-refractivity contribution in [3.05, 3.63) is 11.3 Å². The number of nitrogens with zero attached hydrogens (tertiary/aromatic N) is 1. The lowest BCUT2D eigenvalue weighted by Gasteiger charge is -2.50. The largest absolute Gasteiger partial charge is 0.477 e. The predicted octanol–water partition coefficient (Wildman–Crippen LogP) is 2.20. The summed E-state index contributed by atoms with van der Waals surface area (Å²) in [5.74, 6) is -1.89. The number of aliphatic hydroxyl groups excluding tert-OH is 1. The van der Waals surface area contributed by atoms with Crippen molar-refractivity contribution in [3.63, 3.8) is 0 Å². The fourth-order valence-electron chi connectivity index (χ4n) is 3.55. The van der Waals surface area contributed by atoms with Crippen molar-refractivity contribution in [2.24, 2.45) is 11.8 Å². The van der Waals surface area contributed by atoms with E-state index in [0.29, 0.717) is 5.57 Å². The van der Waals surface area contributed by atoms with Crippen molar-refractivity contribution in [2.75, 3.05) is 6.61 Å². The van der Waals surface area contributed by atoms with E-state index in [-0.39, 0.29) is 47.2 Å². The zero-order chi connectivity index (χ0) is 18.6. The molecule has 2 N–H and O–H groups in total. The van der Waals surface area contributed by atoms with Gasteiger partial charge in [0.15, 0.2) is 8.32 Å². The van der Waals surface area contributed by atoms with Gasteiger partial charge in [0, 0.05) is 5.92 Å². The van der Waals surface area contributed by atoms with Gasteiger partial charge in [-0.25, -0.2) is 4.79 Å². The van der Waals surface area contributed by atoms with Gasteiger partial charge in [0.1, 0.15) is 5.70 Å². The Labute approximate surface area is 144 Å². The van der Waals surface area contributed by atoms with Crippen molar-refractivity contribution >= 4 is 20.2 Å². The fraction of sp³-hybridized carbons (Fsp3) is 0.765. The number of carboxylic acids is 1. The summed E-state index contributed by atoms with van der Waals surface area (Å²) in [5, 5.41) is 19.0. The maximum Gasteiger partial charge on any atom is 0.352 e. The highest BCUT2D eigenvalue weighted by Gasteiger charge is 2.60. The zero-order valence-corrected chi connectivity index (χ0v) is 16.6. The molecule has 1 saturated heterocycles. The molecular formula is C17H29NO5Si. The molecule has 0 aliphatic carbocycles. The quantitative estimate of drug-likeness (QED) is 0.583. The number of carboxylic acid groups (broad SMARTS) is 1. The van der Waals surface area contributed by atoms with Crippen LogP contribution in [0.25, 0.3) is 0 Å². The SMILES string of the molecule is C[C@@H](O[Si](C)(C)C(C)(C)C)[C@H]1C(=O)N2C(C(=O)O)=C(CO)[C@H](C)[C@H]12. The normalized spacial score (nSPS) is 28.8. The van der Waals surface area contributed by atoms with Gasteiger partial charge in [-0.3, -0.25) is 4.79 Å². The third-order valence-corrected chi connectivity index (χ3v) is 10.5. The Bertz CT molecular complexity index is 592. The van der Waals surface area contributed by atoms with Crippen molar-refractivity contribution < 1.29 is 24.2 Å². The van der Waals surface area contributed by atoms with Crippen LogP contribution in [0.15, 0.2) is 11.3 Å². The lowest BCUT2D eigenvalue weighted by molar-refractivity contribution is -0.162. The van der Waals surface area contributed by atoms with Crippen LogP contribution in [0, 0.1) is 11.8 Å². The Hall–Kier alpha value is -1.18. The van der Waals surface area contributed by atoms with Gasteiger partial charge in [-0.1, -0.05) is 27.7 Å². The molecule has 0 aromatic rings. The Morgan fingerprint density at radius 2 is 1.92 bits per heavy atom.